The van der Waals surface area contributed by atoms with Gasteiger partial charge in [-0.15, -0.1) is 11.3 Å². The quantitative estimate of drug-likeness (QED) is 0.659. The average Bonchev–Trinajstić information content (AvgIpc) is 3.13. The molecule has 0 saturated carbocycles. The van der Waals surface area contributed by atoms with Crippen LogP contribution in [0.3, 0.4) is 0 Å². The molecule has 0 aliphatic carbocycles. The van der Waals surface area contributed by atoms with Gasteiger partial charge in [0, 0.05) is 18.0 Å². The van der Waals surface area contributed by atoms with Crippen LogP contribution in [0.5, 0.6) is 0 Å². The van der Waals surface area contributed by atoms with Crippen molar-refractivity contribution in [1.82, 2.24) is 20.9 Å². The summed E-state index contributed by atoms with van der Waals surface area (Å²) >= 11 is 1.64. The van der Waals surface area contributed by atoms with Crippen LogP contribution in [0.2, 0.25) is 0 Å². The Bertz CT molecular complexity index is 704. The molecule has 1 atom stereocenters. The molecule has 0 saturated heterocycles. The topological polar surface area (TPSA) is 73.5 Å². The minimum atomic E-state index is -0.452. The van der Waals surface area contributed by atoms with Gasteiger partial charge in [-0.05, 0) is 43.2 Å². The lowest BCUT2D eigenvalue weighted by Crippen LogP contribution is -2.43. The number of nitrogens with zero attached hydrogens (tertiary/aromatic N) is 1. The molecule has 1 aromatic heterocycles. The van der Waals surface area contributed by atoms with Crippen molar-refractivity contribution < 1.29 is 14.0 Å². The molecule has 3 N–H and O–H groups in total. The van der Waals surface area contributed by atoms with Crippen LogP contribution in [0, 0.1) is 5.82 Å². The van der Waals surface area contributed by atoms with Crippen LogP contribution in [-0.2, 0) is 11.3 Å². The van der Waals surface area contributed by atoms with Crippen LogP contribution in [0.1, 0.15) is 16.5 Å². The molecule has 3 amide bonds. The lowest BCUT2D eigenvalue weighted by molar-refractivity contribution is -0.120. The van der Waals surface area contributed by atoms with Gasteiger partial charge in [0.15, 0.2) is 0 Å². The number of thiophene rings is 1. The third-order valence-electron chi connectivity index (χ3n) is 3.76. The van der Waals surface area contributed by atoms with Gasteiger partial charge in [0.05, 0.1) is 12.6 Å². The highest BCUT2D eigenvalue weighted by molar-refractivity contribution is 7.10. The van der Waals surface area contributed by atoms with Crippen LogP contribution in [0.25, 0.3) is 0 Å². The summed E-state index contributed by atoms with van der Waals surface area (Å²) in [4.78, 5) is 26.9. The Labute approximate surface area is 156 Å². The number of likely N-dealkylation sites (N-methyl/N-ethyl adjacent to an activating group) is 1. The number of halogens is 1. The highest BCUT2D eigenvalue weighted by Crippen LogP contribution is 2.22. The Balaban J connectivity index is 1.69. The molecule has 0 fully saturated rings. The molecule has 26 heavy (non-hydrogen) atoms. The molecule has 8 heteroatoms. The molecule has 1 unspecified atom stereocenters. The Morgan fingerprint density at radius 2 is 1.85 bits per heavy atom. The summed E-state index contributed by atoms with van der Waals surface area (Å²) in [6, 6.07) is 9.49. The third kappa shape index (κ3) is 6.45. The fraction of sp³-hybridized carbons (Fsp3) is 0.333. The van der Waals surface area contributed by atoms with E-state index in [9.17, 15) is 14.0 Å². The van der Waals surface area contributed by atoms with Crippen molar-refractivity contribution in [3.63, 3.8) is 0 Å². The van der Waals surface area contributed by atoms with E-state index in [2.05, 4.69) is 16.0 Å². The number of carbonyl (C=O) groups is 2. The Morgan fingerprint density at radius 3 is 2.46 bits per heavy atom. The van der Waals surface area contributed by atoms with Gasteiger partial charge in [-0.2, -0.15) is 0 Å². The van der Waals surface area contributed by atoms with Crippen molar-refractivity contribution >= 4 is 23.3 Å². The van der Waals surface area contributed by atoms with Crippen molar-refractivity contribution in [1.29, 1.82) is 0 Å². The number of benzene rings is 1. The lowest BCUT2D eigenvalue weighted by Gasteiger charge is -2.23. The SMILES string of the molecule is CN(C)C(CNC(=O)CNC(=O)NCc1ccc(F)cc1)c1cccs1. The first kappa shape index (κ1) is 19.9. The zero-order valence-electron chi connectivity index (χ0n) is 14.8. The lowest BCUT2D eigenvalue weighted by atomic mass is 10.2. The Hall–Kier alpha value is -2.45. The Kier molecular flexibility index (Phi) is 7.55. The van der Waals surface area contributed by atoms with E-state index in [4.69, 9.17) is 0 Å². The first-order valence-corrected chi connectivity index (χ1v) is 9.06. The molecular formula is C18H23FN4O2S. The largest absolute Gasteiger partial charge is 0.353 e. The molecule has 0 bridgehead atoms. The molecule has 0 spiro atoms. The second-order valence-electron chi connectivity index (χ2n) is 5.96. The van der Waals surface area contributed by atoms with E-state index in [1.807, 2.05) is 36.5 Å². The maximum Gasteiger partial charge on any atom is 0.315 e. The summed E-state index contributed by atoms with van der Waals surface area (Å²) in [6.07, 6.45) is 0. The fourth-order valence-corrected chi connectivity index (χ4v) is 3.22. The van der Waals surface area contributed by atoms with E-state index in [0.29, 0.717) is 6.54 Å². The monoisotopic (exact) mass is 378 g/mol. The summed E-state index contributed by atoms with van der Waals surface area (Å²) in [5, 5.41) is 9.96. The number of urea groups is 1. The van der Waals surface area contributed by atoms with Gasteiger partial charge in [0.2, 0.25) is 5.91 Å². The maximum atomic E-state index is 12.8. The van der Waals surface area contributed by atoms with Crippen LogP contribution >= 0.6 is 11.3 Å². The first-order chi connectivity index (χ1) is 12.5. The molecule has 0 radical (unpaired) electrons. The predicted octanol–water partition coefficient (Wildman–Crippen LogP) is 2.11. The van der Waals surface area contributed by atoms with Crippen molar-refractivity contribution in [3.8, 4) is 0 Å². The highest BCUT2D eigenvalue weighted by atomic mass is 32.1. The molecule has 6 nitrogen and oxygen atoms in total. The van der Waals surface area contributed by atoms with E-state index >= 15 is 0 Å². The van der Waals surface area contributed by atoms with Gasteiger partial charge < -0.3 is 20.9 Å². The highest BCUT2D eigenvalue weighted by Gasteiger charge is 2.16. The minimum Gasteiger partial charge on any atom is -0.353 e. The van der Waals surface area contributed by atoms with Crippen LogP contribution < -0.4 is 16.0 Å². The summed E-state index contributed by atoms with van der Waals surface area (Å²) < 4.78 is 12.8. The molecule has 2 rings (SSSR count). The van der Waals surface area contributed by atoms with E-state index < -0.39 is 6.03 Å². The zero-order valence-corrected chi connectivity index (χ0v) is 15.6. The number of nitrogens with one attached hydrogen (secondary N) is 3. The predicted molar refractivity (Wildman–Crippen MR) is 100 cm³/mol. The second kappa shape index (κ2) is 9.88. The van der Waals surface area contributed by atoms with Crippen LogP contribution in [-0.4, -0.2) is 44.0 Å². The fourth-order valence-electron chi connectivity index (χ4n) is 2.30. The average molecular weight is 378 g/mol. The first-order valence-electron chi connectivity index (χ1n) is 8.18. The van der Waals surface area contributed by atoms with Gasteiger partial charge in [0.1, 0.15) is 5.82 Å². The molecule has 1 heterocycles. The second-order valence-corrected chi connectivity index (χ2v) is 6.94. The van der Waals surface area contributed by atoms with Gasteiger partial charge in [0.25, 0.3) is 0 Å². The van der Waals surface area contributed by atoms with E-state index in [1.54, 1.807) is 23.5 Å². The van der Waals surface area contributed by atoms with Gasteiger partial charge in [-0.3, -0.25) is 4.79 Å². The van der Waals surface area contributed by atoms with E-state index in [1.165, 1.54) is 17.0 Å². The molecule has 0 aliphatic heterocycles. The number of amides is 3. The molecule has 2 aromatic rings. The number of rotatable bonds is 8. The summed E-state index contributed by atoms with van der Waals surface area (Å²) in [5.41, 5.74) is 0.774. The van der Waals surface area contributed by atoms with Crippen molar-refractivity contribution in [3.05, 3.63) is 58.0 Å². The standard InChI is InChI=1S/C18H23FN4O2S/c1-23(2)15(16-4-3-9-26-16)11-20-17(24)12-22-18(25)21-10-13-5-7-14(19)8-6-13/h3-9,15H,10-12H2,1-2H3,(H,20,24)(H2,21,22,25). The van der Waals surface area contributed by atoms with Gasteiger partial charge in [-0.1, -0.05) is 18.2 Å². The molecule has 1 aromatic carbocycles. The van der Waals surface area contributed by atoms with E-state index in [0.717, 1.165) is 5.56 Å². The zero-order chi connectivity index (χ0) is 18.9. The van der Waals surface area contributed by atoms with Crippen molar-refractivity contribution in [2.24, 2.45) is 0 Å². The van der Waals surface area contributed by atoms with Gasteiger partial charge in [-0.25, -0.2) is 9.18 Å². The van der Waals surface area contributed by atoms with Crippen LogP contribution in [0.4, 0.5) is 9.18 Å². The molecule has 0 aliphatic rings. The minimum absolute atomic E-state index is 0.0891. The van der Waals surface area contributed by atoms with Gasteiger partial charge >= 0.3 is 6.03 Å². The van der Waals surface area contributed by atoms with E-state index in [-0.39, 0.29) is 30.9 Å². The summed E-state index contributed by atoms with van der Waals surface area (Å²) in [5.74, 6) is -0.584. The third-order valence-corrected chi connectivity index (χ3v) is 4.74. The Morgan fingerprint density at radius 1 is 1.12 bits per heavy atom. The van der Waals surface area contributed by atoms with Crippen molar-refractivity contribution in [2.45, 2.75) is 12.6 Å². The number of hydrogen-bond donors (Lipinski definition) is 3. The number of carbonyl (C=O) groups excluding carboxylic acids is 2. The normalized spacial score (nSPS) is 11.8. The molecular weight excluding hydrogens is 355 g/mol. The summed E-state index contributed by atoms with van der Waals surface area (Å²) in [6.45, 7) is 0.611. The van der Waals surface area contributed by atoms with Crippen LogP contribution in [0.15, 0.2) is 41.8 Å². The smallest absolute Gasteiger partial charge is 0.315 e. The maximum absolute atomic E-state index is 12.8. The van der Waals surface area contributed by atoms with Crippen molar-refractivity contribution in [2.75, 3.05) is 27.2 Å². The summed E-state index contributed by atoms with van der Waals surface area (Å²) in [7, 11) is 3.91. The molecule has 140 valence electrons. The number of hydrogen-bond acceptors (Lipinski definition) is 4.